The Morgan fingerprint density at radius 2 is 0.913 bits per heavy atom. The summed E-state index contributed by atoms with van der Waals surface area (Å²) in [6, 6.07) is 0. The first-order valence-corrected chi connectivity index (χ1v) is 10.7. The van der Waals surface area contributed by atoms with Crippen LogP contribution in [0.25, 0.3) is 0 Å². The molecule has 0 radical (unpaired) electrons. The van der Waals surface area contributed by atoms with Crippen LogP contribution in [-0.2, 0) is 0 Å². The molecule has 0 saturated carbocycles. The van der Waals surface area contributed by atoms with Gasteiger partial charge in [0.1, 0.15) is 0 Å². The van der Waals surface area contributed by atoms with E-state index in [0.717, 1.165) is 5.88 Å². The molecule has 0 aliphatic carbocycles. The first-order chi connectivity index (χ1) is 10.7. The largest absolute Gasteiger partial charge is 1.00 e. The van der Waals surface area contributed by atoms with Gasteiger partial charge in [0.15, 0.2) is 0 Å². The molecule has 0 aromatic rings. The van der Waals surface area contributed by atoms with Crippen molar-refractivity contribution in [3.05, 3.63) is 0 Å². The summed E-state index contributed by atoms with van der Waals surface area (Å²) in [4.78, 5) is 0. The summed E-state index contributed by atoms with van der Waals surface area (Å²) in [5, 5.41) is 0. The predicted molar refractivity (Wildman–Crippen MR) is 103 cm³/mol. The van der Waals surface area contributed by atoms with Gasteiger partial charge in [-0.25, -0.2) is 0 Å². The van der Waals surface area contributed by atoms with Gasteiger partial charge in [-0.05, 0) is 44.9 Å². The van der Waals surface area contributed by atoms with Gasteiger partial charge in [0.25, 0.3) is 0 Å². The Labute approximate surface area is 158 Å². The topological polar surface area (TPSA) is 0 Å². The van der Waals surface area contributed by atoms with E-state index in [1.807, 2.05) is 0 Å². The van der Waals surface area contributed by atoms with Gasteiger partial charge >= 0.3 is 0 Å². The Kier molecular flexibility index (Phi) is 21.2. The van der Waals surface area contributed by atoms with E-state index >= 15 is 0 Å². The molecule has 0 aromatic heterocycles. The summed E-state index contributed by atoms with van der Waals surface area (Å²) < 4.78 is 1.39. The molecule has 0 heterocycles. The molecule has 0 saturated heterocycles. The zero-order valence-electron chi connectivity index (χ0n) is 16.2. The van der Waals surface area contributed by atoms with Crippen LogP contribution in [0.5, 0.6) is 0 Å². The van der Waals surface area contributed by atoms with Crippen LogP contribution in [0.1, 0.15) is 97.8 Å². The molecule has 3 heteroatoms. The lowest BCUT2D eigenvalue weighted by atomic mass is 10.1. The minimum atomic E-state index is 0. The molecule has 1 nitrogen and oxygen atoms in total. The Bertz CT molecular complexity index is 210. The fraction of sp³-hybridized carbons (Fsp3) is 1.00. The number of halogens is 2. The van der Waals surface area contributed by atoms with Crippen LogP contribution in [-0.4, -0.2) is 36.5 Å². The maximum Gasteiger partial charge on any atom is 0.0787 e. The number of rotatable bonds is 17. The van der Waals surface area contributed by atoms with Gasteiger partial charge in [0, 0.05) is 5.88 Å². The van der Waals surface area contributed by atoms with E-state index < -0.39 is 0 Å². The normalized spacial score (nSPS) is 11.5. The summed E-state index contributed by atoms with van der Waals surface area (Å²) in [5.41, 5.74) is 0. The van der Waals surface area contributed by atoms with Crippen molar-refractivity contribution in [1.29, 1.82) is 0 Å². The molecule has 0 atom stereocenters. The number of hydrogen-bond donors (Lipinski definition) is 0. The third-order valence-electron chi connectivity index (χ3n) is 4.97. The second kappa shape index (κ2) is 18.9. The second-order valence-corrected chi connectivity index (χ2v) is 7.48. The fourth-order valence-electron chi connectivity index (χ4n) is 3.45. The van der Waals surface area contributed by atoms with Crippen molar-refractivity contribution in [2.75, 3.05) is 32.1 Å². The molecular weight excluding hydrogens is 325 g/mol. The Morgan fingerprint density at radius 3 is 1.30 bits per heavy atom. The van der Waals surface area contributed by atoms with E-state index in [-0.39, 0.29) is 12.4 Å². The summed E-state index contributed by atoms with van der Waals surface area (Å²) in [6.07, 6.45) is 16.4. The summed E-state index contributed by atoms with van der Waals surface area (Å²) in [5.74, 6) is 0.833. The molecule has 0 aromatic carbocycles. The molecule has 0 N–H and O–H groups in total. The first-order valence-electron chi connectivity index (χ1n) is 10.2. The number of hydrogen-bond acceptors (Lipinski definition) is 0. The average Bonchev–Trinajstić information content (AvgIpc) is 2.54. The van der Waals surface area contributed by atoms with Gasteiger partial charge < -0.3 is 16.9 Å². The molecule has 0 bridgehead atoms. The minimum absolute atomic E-state index is 0. The second-order valence-electron chi connectivity index (χ2n) is 7.11. The molecule has 0 unspecified atom stereocenters. The van der Waals surface area contributed by atoms with E-state index in [9.17, 15) is 0 Å². The zero-order valence-corrected chi connectivity index (χ0v) is 17.7. The molecule has 0 rings (SSSR count). The van der Waals surface area contributed by atoms with Gasteiger partial charge in [-0.2, -0.15) is 0 Å². The van der Waals surface area contributed by atoms with Crippen molar-refractivity contribution in [3.8, 4) is 0 Å². The van der Waals surface area contributed by atoms with Crippen molar-refractivity contribution in [1.82, 2.24) is 0 Å². The summed E-state index contributed by atoms with van der Waals surface area (Å²) in [6.45, 7) is 12.5. The highest BCUT2D eigenvalue weighted by Gasteiger charge is 2.25. The van der Waals surface area contributed by atoms with Crippen LogP contribution < -0.4 is 12.4 Å². The minimum Gasteiger partial charge on any atom is -1.00 e. The van der Waals surface area contributed by atoms with Crippen LogP contribution in [0.3, 0.4) is 0 Å². The van der Waals surface area contributed by atoms with Crippen molar-refractivity contribution >= 4 is 11.6 Å². The zero-order chi connectivity index (χ0) is 16.5. The lowest BCUT2D eigenvalue weighted by Gasteiger charge is -2.39. The van der Waals surface area contributed by atoms with E-state index in [0.29, 0.717) is 0 Å². The number of quaternary nitrogens is 1. The maximum absolute atomic E-state index is 5.92. The predicted octanol–water partition coefficient (Wildman–Crippen LogP) is 3.79. The van der Waals surface area contributed by atoms with E-state index in [4.69, 9.17) is 11.6 Å². The van der Waals surface area contributed by atoms with Gasteiger partial charge in [0.05, 0.1) is 26.2 Å². The lowest BCUT2D eigenvalue weighted by molar-refractivity contribution is -0.929. The van der Waals surface area contributed by atoms with Gasteiger partial charge in [-0.1, -0.05) is 52.9 Å². The Balaban J connectivity index is 0. The van der Waals surface area contributed by atoms with Crippen molar-refractivity contribution in [2.45, 2.75) is 97.8 Å². The van der Waals surface area contributed by atoms with Crippen LogP contribution in [0, 0.1) is 0 Å². The number of alkyl halides is 1. The molecule has 142 valence electrons. The van der Waals surface area contributed by atoms with Crippen LogP contribution in [0.4, 0.5) is 0 Å². The van der Waals surface area contributed by atoms with Crippen molar-refractivity contribution in [2.24, 2.45) is 0 Å². The smallest absolute Gasteiger partial charge is 0.0787 e. The monoisotopic (exact) mass is 367 g/mol. The highest BCUT2D eigenvalue weighted by atomic mass is 35.5. The van der Waals surface area contributed by atoms with Gasteiger partial charge in [0.2, 0.25) is 0 Å². The van der Waals surface area contributed by atoms with E-state index in [2.05, 4.69) is 20.8 Å². The fourth-order valence-corrected chi connectivity index (χ4v) is 3.64. The number of nitrogens with zero attached hydrogens (tertiary/aromatic N) is 1. The maximum atomic E-state index is 5.92. The van der Waals surface area contributed by atoms with Gasteiger partial charge in [-0.15, -0.1) is 11.6 Å². The molecular formula is C20H43Cl2N. The highest BCUT2D eigenvalue weighted by Crippen LogP contribution is 2.18. The lowest BCUT2D eigenvalue weighted by Crippen LogP contribution is -3.00. The third-order valence-corrected chi connectivity index (χ3v) is 5.24. The molecule has 23 heavy (non-hydrogen) atoms. The van der Waals surface area contributed by atoms with Crippen LogP contribution in [0.2, 0.25) is 0 Å². The standard InChI is InChI=1S/C20H43ClN.ClH/c1-4-7-10-13-18-22(17-9-6-3,20-15-12-16-21)19-14-11-8-5-2;/h4-20H2,1-3H3;1H/q+1;/p-1. The molecule has 0 amide bonds. The first kappa shape index (κ1) is 25.8. The average molecular weight is 368 g/mol. The Morgan fingerprint density at radius 1 is 0.522 bits per heavy atom. The van der Waals surface area contributed by atoms with E-state index in [1.54, 1.807) is 0 Å². The third kappa shape index (κ3) is 14.6. The summed E-state index contributed by atoms with van der Waals surface area (Å²) in [7, 11) is 0. The molecule has 0 aliphatic rings. The van der Waals surface area contributed by atoms with Gasteiger partial charge in [-0.3, -0.25) is 0 Å². The van der Waals surface area contributed by atoms with Crippen LogP contribution in [0.15, 0.2) is 0 Å². The SMILES string of the molecule is CCCCCC[N+](CCCC)(CCCCCl)CCCCCC.[Cl-]. The molecule has 0 fully saturated rings. The molecule has 0 aliphatic heterocycles. The van der Waals surface area contributed by atoms with E-state index in [1.165, 1.54) is 108 Å². The highest BCUT2D eigenvalue weighted by molar-refractivity contribution is 6.17. The quantitative estimate of drug-likeness (QED) is 0.208. The molecule has 0 spiro atoms. The van der Waals surface area contributed by atoms with Crippen LogP contribution >= 0.6 is 11.6 Å². The van der Waals surface area contributed by atoms with Crippen molar-refractivity contribution in [3.63, 3.8) is 0 Å². The summed E-state index contributed by atoms with van der Waals surface area (Å²) >= 11 is 5.92. The number of unbranched alkanes of at least 4 members (excludes halogenated alkanes) is 8. The Hall–Kier alpha value is 0.540. The van der Waals surface area contributed by atoms with Crippen molar-refractivity contribution < 1.29 is 16.9 Å².